The van der Waals surface area contributed by atoms with Crippen LogP contribution >= 0.6 is 0 Å². The van der Waals surface area contributed by atoms with E-state index in [0.29, 0.717) is 26.0 Å². The molecule has 47 heavy (non-hydrogen) atoms. The van der Waals surface area contributed by atoms with Gasteiger partial charge in [0.2, 0.25) is 17.6 Å². The number of urea groups is 1. The lowest BCUT2D eigenvalue weighted by atomic mass is 9.70. The third kappa shape index (κ3) is 8.49. The van der Waals surface area contributed by atoms with Crippen molar-refractivity contribution in [2.24, 2.45) is 28.4 Å². The number of carbonyl (C=O) groups is 5. The molecule has 0 radical (unpaired) electrons. The van der Waals surface area contributed by atoms with E-state index in [1.165, 1.54) is 0 Å². The lowest BCUT2D eigenvalue weighted by molar-refractivity contribution is -0.145. The summed E-state index contributed by atoms with van der Waals surface area (Å²) in [5.41, 5.74) is 3.83. The van der Waals surface area contributed by atoms with E-state index < -0.39 is 46.7 Å². The molecule has 5 amide bonds. The van der Waals surface area contributed by atoms with Gasteiger partial charge < -0.3 is 31.3 Å². The molecule has 5 N–H and O–H groups in total. The van der Waals surface area contributed by atoms with Crippen LogP contribution < -0.4 is 21.7 Å². The normalized spacial score (nSPS) is 27.1. The molecule has 0 spiro atoms. The van der Waals surface area contributed by atoms with E-state index in [4.69, 9.17) is 10.5 Å². The number of unbranched alkanes of at least 4 members (excludes halogenated alkanes) is 1. The Morgan fingerprint density at radius 1 is 0.915 bits per heavy atom. The van der Waals surface area contributed by atoms with Crippen LogP contribution in [0.3, 0.4) is 0 Å². The van der Waals surface area contributed by atoms with Crippen molar-refractivity contribution >= 4 is 29.5 Å². The molecular weight excluding hydrogens is 598 g/mol. The van der Waals surface area contributed by atoms with Gasteiger partial charge in [0, 0.05) is 6.54 Å². The molecule has 0 bridgehead atoms. The Labute approximate surface area is 281 Å². The number of Topliss-reactive ketones (excluding diaryl/α,β-unsaturated/α-hetero) is 1. The molecule has 11 nitrogen and oxygen atoms in total. The van der Waals surface area contributed by atoms with Crippen molar-refractivity contribution in [2.45, 2.75) is 161 Å². The number of nitrogens with one attached hydrogen (secondary N) is 3. The van der Waals surface area contributed by atoms with Gasteiger partial charge in [0.15, 0.2) is 0 Å². The van der Waals surface area contributed by atoms with Crippen LogP contribution in [0.5, 0.6) is 0 Å². The molecule has 5 atom stereocenters. The van der Waals surface area contributed by atoms with E-state index in [1.807, 2.05) is 27.7 Å². The Bertz CT molecular complexity index is 1180. The van der Waals surface area contributed by atoms with E-state index in [0.717, 1.165) is 70.6 Å². The van der Waals surface area contributed by atoms with Crippen LogP contribution in [0.4, 0.5) is 4.79 Å². The minimum Gasteiger partial charge on any atom is -0.373 e. The number of carbonyl (C=O) groups excluding carboxylic acids is 5. The second-order valence-electron chi connectivity index (χ2n) is 16.8. The summed E-state index contributed by atoms with van der Waals surface area (Å²) in [7, 11) is 0. The number of piperidine rings is 1. The molecule has 1 aliphatic heterocycles. The average Bonchev–Trinajstić information content (AvgIpc) is 3.32. The summed E-state index contributed by atoms with van der Waals surface area (Å²) in [5.74, 6) is -2.58. The van der Waals surface area contributed by atoms with Crippen molar-refractivity contribution in [3.8, 4) is 0 Å². The molecule has 0 aromatic heterocycles. The van der Waals surface area contributed by atoms with Crippen molar-refractivity contribution in [2.75, 3.05) is 13.2 Å². The zero-order valence-electron chi connectivity index (χ0n) is 30.0. The van der Waals surface area contributed by atoms with Crippen LogP contribution in [-0.2, 0) is 23.9 Å². The topological polar surface area (TPSA) is 160 Å². The molecule has 3 aliphatic carbocycles. The first-order chi connectivity index (χ1) is 21.9. The summed E-state index contributed by atoms with van der Waals surface area (Å²) < 4.78 is 6.19. The molecule has 266 valence electrons. The molecule has 11 heteroatoms. The van der Waals surface area contributed by atoms with E-state index >= 15 is 0 Å². The fourth-order valence-electron chi connectivity index (χ4n) is 8.56. The summed E-state index contributed by atoms with van der Waals surface area (Å²) in [6.07, 6.45) is 11.0. The lowest BCUT2D eigenvalue weighted by Crippen LogP contribution is -2.64. The Hall–Kier alpha value is -2.69. The van der Waals surface area contributed by atoms with Crippen molar-refractivity contribution < 1.29 is 28.7 Å². The van der Waals surface area contributed by atoms with Gasteiger partial charge in [-0.1, -0.05) is 79.1 Å². The van der Waals surface area contributed by atoms with E-state index in [1.54, 1.807) is 4.90 Å². The lowest BCUT2D eigenvalue weighted by Gasteiger charge is -2.44. The maximum atomic E-state index is 14.7. The number of hydrogen-bond acceptors (Lipinski definition) is 6. The van der Waals surface area contributed by atoms with Gasteiger partial charge in [-0.15, -0.1) is 0 Å². The highest BCUT2D eigenvalue weighted by Gasteiger charge is 2.70. The number of fused-ring (bicyclic) bond motifs is 1. The first kappa shape index (κ1) is 37.1. The quantitative estimate of drug-likeness (QED) is 0.215. The molecule has 3 saturated carbocycles. The monoisotopic (exact) mass is 659 g/mol. The number of ketones is 1. The largest absolute Gasteiger partial charge is 0.373 e. The molecule has 4 fully saturated rings. The summed E-state index contributed by atoms with van der Waals surface area (Å²) in [4.78, 5) is 68.8. The minimum absolute atomic E-state index is 0.0874. The molecule has 1 unspecified atom stereocenters. The number of nitrogens with zero attached hydrogens (tertiary/aromatic N) is 1. The van der Waals surface area contributed by atoms with Crippen LogP contribution in [0.15, 0.2) is 0 Å². The van der Waals surface area contributed by atoms with Crippen LogP contribution in [0, 0.1) is 22.7 Å². The number of rotatable bonds is 13. The van der Waals surface area contributed by atoms with Crippen LogP contribution in [-0.4, -0.2) is 76.9 Å². The smallest absolute Gasteiger partial charge is 0.315 e. The second-order valence-corrected chi connectivity index (χ2v) is 16.8. The summed E-state index contributed by atoms with van der Waals surface area (Å²) in [6, 6.07) is -3.05. The zero-order chi connectivity index (χ0) is 34.8. The fourth-order valence-corrected chi connectivity index (χ4v) is 8.56. The number of amides is 5. The predicted molar refractivity (Wildman–Crippen MR) is 180 cm³/mol. The molecule has 0 aromatic rings. The SMILES string of the molecule is CCCCC(NC(=O)[C@@H]1[C@@H]2[C@H](CN1C(=O)[C@@H](NC(=O)NC1(COC(C)(C)C)CCCCC1)C1(C)CCCCC1)C2(C)C)C(=O)C(N)=O. The molecule has 0 aromatic carbocycles. The molecule has 1 saturated heterocycles. The van der Waals surface area contributed by atoms with Crippen molar-refractivity contribution in [3.63, 3.8) is 0 Å². The number of likely N-dealkylation sites (tertiary alicyclic amines) is 1. The van der Waals surface area contributed by atoms with Gasteiger partial charge in [-0.25, -0.2) is 4.79 Å². The van der Waals surface area contributed by atoms with Gasteiger partial charge in [0.25, 0.3) is 5.91 Å². The van der Waals surface area contributed by atoms with E-state index in [9.17, 15) is 24.0 Å². The molecule has 4 rings (SSSR count). The number of nitrogens with two attached hydrogens (primary N) is 1. The number of hydrogen-bond donors (Lipinski definition) is 4. The summed E-state index contributed by atoms with van der Waals surface area (Å²) in [5, 5.41) is 9.22. The van der Waals surface area contributed by atoms with Gasteiger partial charge in [-0.3, -0.25) is 19.2 Å². The van der Waals surface area contributed by atoms with Gasteiger partial charge in [0.05, 0.1) is 23.8 Å². The zero-order valence-corrected chi connectivity index (χ0v) is 30.0. The van der Waals surface area contributed by atoms with E-state index in [2.05, 4.69) is 36.7 Å². The third-order valence-electron chi connectivity index (χ3n) is 11.7. The minimum atomic E-state index is -1.08. The molecule has 4 aliphatic rings. The highest BCUT2D eigenvalue weighted by molar-refractivity contribution is 6.37. The highest BCUT2D eigenvalue weighted by Crippen LogP contribution is 2.65. The maximum absolute atomic E-state index is 14.7. The molecule has 1 heterocycles. The van der Waals surface area contributed by atoms with Gasteiger partial charge in [0.1, 0.15) is 12.1 Å². The highest BCUT2D eigenvalue weighted by atomic mass is 16.5. The summed E-state index contributed by atoms with van der Waals surface area (Å²) >= 11 is 0. The molecular formula is C36H61N5O6. The first-order valence-corrected chi connectivity index (χ1v) is 18.1. The second kappa shape index (κ2) is 14.4. The first-order valence-electron chi connectivity index (χ1n) is 18.1. The van der Waals surface area contributed by atoms with Gasteiger partial charge in [-0.2, -0.15) is 0 Å². The van der Waals surface area contributed by atoms with Crippen LogP contribution in [0.25, 0.3) is 0 Å². The van der Waals surface area contributed by atoms with Crippen molar-refractivity contribution in [3.05, 3.63) is 0 Å². The van der Waals surface area contributed by atoms with E-state index in [-0.39, 0.29) is 34.8 Å². The fraction of sp³-hybridized carbons (Fsp3) is 0.861. The summed E-state index contributed by atoms with van der Waals surface area (Å²) in [6.45, 7) is 15.1. The Morgan fingerprint density at radius 2 is 1.51 bits per heavy atom. The van der Waals surface area contributed by atoms with Gasteiger partial charge >= 0.3 is 6.03 Å². The standard InChI is InChI=1S/C36H61N5O6/c1-8-9-16-24(27(42)29(37)43)38-30(44)26-25-23(34(25,5)6)21-41(26)31(45)28(35(7)17-12-10-13-18-35)39-32(46)40-36(19-14-11-15-20-36)22-47-33(2,3)4/h23-26,28H,8-22H2,1-7H3,(H2,37,43)(H,38,44)(H2,39,40,46)/t23-,24?,25-,26-,28+/m0/s1. The average molecular weight is 660 g/mol. The maximum Gasteiger partial charge on any atom is 0.315 e. The Kier molecular flexibility index (Phi) is 11.4. The Balaban J connectivity index is 1.59. The van der Waals surface area contributed by atoms with Crippen LogP contribution in [0.2, 0.25) is 0 Å². The van der Waals surface area contributed by atoms with Crippen molar-refractivity contribution in [1.82, 2.24) is 20.9 Å². The third-order valence-corrected chi connectivity index (χ3v) is 11.7. The number of ether oxygens (including phenoxy) is 1. The Morgan fingerprint density at radius 3 is 2.06 bits per heavy atom. The number of primary amides is 1. The predicted octanol–water partition coefficient (Wildman–Crippen LogP) is 4.36. The van der Waals surface area contributed by atoms with Crippen molar-refractivity contribution in [1.29, 1.82) is 0 Å². The van der Waals surface area contributed by atoms with Gasteiger partial charge in [-0.05, 0) is 75.5 Å². The van der Waals surface area contributed by atoms with Crippen LogP contribution in [0.1, 0.15) is 132 Å².